The predicted octanol–water partition coefficient (Wildman–Crippen LogP) is 0.569. The van der Waals surface area contributed by atoms with Gasteiger partial charge in [-0.1, -0.05) is 11.6 Å². The Balaban J connectivity index is 1.72. The smallest absolute Gasteiger partial charge is 0.349 e. The standard InChI is InChI=1S/C19H22ClN5O4/c1-10-8-13-14(9-12(10)20)25(16-15(21-13)17(26)23-19(29)22-16)7-6-24-4-2-11(3-5-24)18(27)28/h8-9,11,18,27-28H,2-7H2,1H3,(H,23,26,29). The van der Waals surface area contributed by atoms with Crippen LogP contribution in [0.25, 0.3) is 22.6 Å². The molecule has 1 saturated heterocycles. The molecule has 1 aromatic rings. The second-order valence-corrected chi connectivity index (χ2v) is 7.90. The zero-order valence-electron chi connectivity index (χ0n) is 15.9. The summed E-state index contributed by atoms with van der Waals surface area (Å²) >= 11 is 6.32. The summed E-state index contributed by atoms with van der Waals surface area (Å²) in [6.07, 6.45) is 0.123. The molecule has 1 aromatic carbocycles. The Bertz CT molecular complexity index is 1130. The zero-order valence-corrected chi connectivity index (χ0v) is 16.7. The van der Waals surface area contributed by atoms with E-state index in [9.17, 15) is 19.8 Å². The van der Waals surface area contributed by atoms with Gasteiger partial charge in [0.2, 0.25) is 0 Å². The molecule has 3 aliphatic heterocycles. The topological polar surface area (TPSA) is 124 Å². The van der Waals surface area contributed by atoms with Crippen LogP contribution in [0.1, 0.15) is 18.4 Å². The highest BCUT2D eigenvalue weighted by atomic mass is 35.5. The maximum atomic E-state index is 12.3. The summed E-state index contributed by atoms with van der Waals surface area (Å²) < 4.78 is 1.81. The number of benzene rings is 1. The lowest BCUT2D eigenvalue weighted by molar-refractivity contribution is -0.0981. The van der Waals surface area contributed by atoms with Gasteiger partial charge in [-0.15, -0.1) is 0 Å². The Kier molecular flexibility index (Phi) is 5.39. The molecule has 0 amide bonds. The summed E-state index contributed by atoms with van der Waals surface area (Å²) in [7, 11) is 0. The third kappa shape index (κ3) is 3.91. The van der Waals surface area contributed by atoms with Crippen molar-refractivity contribution in [3.63, 3.8) is 0 Å². The van der Waals surface area contributed by atoms with Crippen molar-refractivity contribution in [2.24, 2.45) is 5.92 Å². The van der Waals surface area contributed by atoms with Gasteiger partial charge in [0.05, 0.1) is 11.0 Å². The summed E-state index contributed by atoms with van der Waals surface area (Å²) in [6.45, 7) is 4.48. The highest BCUT2D eigenvalue weighted by molar-refractivity contribution is 6.32. The summed E-state index contributed by atoms with van der Waals surface area (Å²) in [5.41, 5.74) is 0.973. The van der Waals surface area contributed by atoms with Crippen molar-refractivity contribution in [2.45, 2.75) is 32.6 Å². The third-order valence-electron chi connectivity index (χ3n) is 5.58. The molecule has 29 heavy (non-hydrogen) atoms. The van der Waals surface area contributed by atoms with Gasteiger partial charge >= 0.3 is 5.69 Å². The van der Waals surface area contributed by atoms with E-state index in [0.717, 1.165) is 18.7 Å². The average Bonchev–Trinajstić information content (AvgIpc) is 2.67. The van der Waals surface area contributed by atoms with Crippen molar-refractivity contribution in [2.75, 3.05) is 19.6 Å². The highest BCUT2D eigenvalue weighted by Crippen LogP contribution is 2.27. The first kappa shape index (κ1) is 20.0. The van der Waals surface area contributed by atoms with Gasteiger partial charge in [-0.2, -0.15) is 4.98 Å². The fraction of sp³-hybridized carbons (Fsp3) is 0.474. The fourth-order valence-corrected chi connectivity index (χ4v) is 4.02. The molecule has 3 aliphatic rings. The number of piperidine rings is 1. The summed E-state index contributed by atoms with van der Waals surface area (Å²) in [6, 6.07) is 3.59. The maximum Gasteiger partial charge on any atom is 0.349 e. The molecule has 9 nitrogen and oxygen atoms in total. The van der Waals surface area contributed by atoms with E-state index in [2.05, 4.69) is 19.9 Å². The highest BCUT2D eigenvalue weighted by Gasteiger charge is 2.25. The number of aliphatic hydroxyl groups excluding tert-OH is 1. The molecule has 0 unspecified atom stereocenters. The SMILES string of the molecule is Cc1cc2nc3c(=O)[nH]c(=O)nc-3n(CCN3CCC(C(O)O)CC3)c2cc1Cl. The number of H-pyrrole nitrogens is 1. The van der Waals surface area contributed by atoms with Gasteiger partial charge < -0.3 is 19.7 Å². The fourth-order valence-electron chi connectivity index (χ4n) is 3.86. The molecule has 0 spiro atoms. The lowest BCUT2D eigenvalue weighted by Gasteiger charge is -2.33. The van der Waals surface area contributed by atoms with Gasteiger partial charge in [0, 0.05) is 24.0 Å². The van der Waals surface area contributed by atoms with E-state index in [1.807, 2.05) is 17.6 Å². The molecule has 10 heteroatoms. The summed E-state index contributed by atoms with van der Waals surface area (Å²) in [5, 5.41) is 19.3. The van der Waals surface area contributed by atoms with Crippen LogP contribution in [0.2, 0.25) is 5.02 Å². The summed E-state index contributed by atoms with van der Waals surface area (Å²) in [4.78, 5) is 36.9. The molecule has 0 bridgehead atoms. The first-order valence-corrected chi connectivity index (χ1v) is 9.90. The number of nitrogens with zero attached hydrogens (tertiary/aromatic N) is 4. The number of aromatic amines is 1. The molecule has 4 rings (SSSR count). The number of likely N-dealkylation sites (tertiary alicyclic amines) is 1. The molecule has 0 aromatic heterocycles. The number of aliphatic hydroxyl groups is 2. The third-order valence-corrected chi connectivity index (χ3v) is 5.99. The van der Waals surface area contributed by atoms with E-state index in [-0.39, 0.29) is 17.4 Å². The first-order valence-electron chi connectivity index (χ1n) is 9.52. The summed E-state index contributed by atoms with van der Waals surface area (Å²) in [5.74, 6) is 0.123. The van der Waals surface area contributed by atoms with E-state index in [4.69, 9.17) is 11.6 Å². The van der Waals surface area contributed by atoms with Crippen LogP contribution >= 0.6 is 11.6 Å². The lowest BCUT2D eigenvalue weighted by Crippen LogP contribution is -2.39. The van der Waals surface area contributed by atoms with Crippen LogP contribution in [-0.2, 0) is 6.54 Å². The monoisotopic (exact) mass is 419 g/mol. The van der Waals surface area contributed by atoms with Gasteiger partial charge in [-0.05, 0) is 50.6 Å². The Labute approximate surface area is 170 Å². The van der Waals surface area contributed by atoms with E-state index >= 15 is 0 Å². The second-order valence-electron chi connectivity index (χ2n) is 7.49. The van der Waals surface area contributed by atoms with Crippen molar-refractivity contribution in [3.05, 3.63) is 43.6 Å². The predicted molar refractivity (Wildman–Crippen MR) is 108 cm³/mol. The molecule has 154 valence electrons. The normalized spacial score (nSPS) is 16.3. The number of aromatic nitrogens is 4. The van der Waals surface area contributed by atoms with E-state index in [1.165, 1.54) is 0 Å². The number of fused-ring (bicyclic) bond motifs is 2. The molecule has 3 N–H and O–H groups in total. The van der Waals surface area contributed by atoms with Crippen molar-refractivity contribution < 1.29 is 10.2 Å². The van der Waals surface area contributed by atoms with Gasteiger partial charge in [0.15, 0.2) is 17.8 Å². The van der Waals surface area contributed by atoms with Gasteiger partial charge in [-0.3, -0.25) is 9.78 Å². The van der Waals surface area contributed by atoms with Gasteiger partial charge in [-0.25, -0.2) is 9.78 Å². The van der Waals surface area contributed by atoms with Gasteiger partial charge in [0.1, 0.15) is 0 Å². The van der Waals surface area contributed by atoms with Crippen LogP contribution in [0.3, 0.4) is 0 Å². The van der Waals surface area contributed by atoms with Crippen molar-refractivity contribution >= 4 is 22.6 Å². The Morgan fingerprint density at radius 1 is 1.21 bits per heavy atom. The lowest BCUT2D eigenvalue weighted by atomic mass is 9.96. The Hall–Kier alpha value is -2.33. The Morgan fingerprint density at radius 2 is 1.93 bits per heavy atom. The average molecular weight is 420 g/mol. The number of aryl methyl sites for hydroxylation is 1. The van der Waals surface area contributed by atoms with Crippen LogP contribution in [0, 0.1) is 12.8 Å². The van der Waals surface area contributed by atoms with Crippen molar-refractivity contribution in [1.29, 1.82) is 0 Å². The van der Waals surface area contributed by atoms with Gasteiger partial charge in [0.25, 0.3) is 5.56 Å². The second kappa shape index (κ2) is 7.83. The zero-order chi connectivity index (χ0) is 20.7. The minimum atomic E-state index is -1.28. The number of hydrogen-bond acceptors (Lipinski definition) is 7. The van der Waals surface area contributed by atoms with E-state index in [1.54, 1.807) is 6.07 Å². The number of rotatable bonds is 4. The number of halogens is 1. The van der Waals surface area contributed by atoms with Crippen LogP contribution < -0.4 is 11.2 Å². The molecule has 0 atom stereocenters. The van der Waals surface area contributed by atoms with Crippen LogP contribution in [0.5, 0.6) is 0 Å². The maximum absolute atomic E-state index is 12.3. The largest absolute Gasteiger partial charge is 0.368 e. The molecule has 0 radical (unpaired) electrons. The minimum Gasteiger partial charge on any atom is -0.368 e. The van der Waals surface area contributed by atoms with Crippen LogP contribution in [0.4, 0.5) is 0 Å². The first-order chi connectivity index (χ1) is 13.8. The van der Waals surface area contributed by atoms with E-state index < -0.39 is 17.5 Å². The van der Waals surface area contributed by atoms with Crippen molar-refractivity contribution in [3.8, 4) is 11.5 Å². The molecule has 0 aliphatic carbocycles. The molecular formula is C19H22ClN5O4. The minimum absolute atomic E-state index is 0.105. The molecule has 0 saturated carbocycles. The van der Waals surface area contributed by atoms with Crippen LogP contribution in [0.15, 0.2) is 21.7 Å². The molecule has 1 fully saturated rings. The van der Waals surface area contributed by atoms with Crippen LogP contribution in [-0.4, -0.2) is 60.6 Å². The molecule has 3 heterocycles. The van der Waals surface area contributed by atoms with E-state index in [0.29, 0.717) is 42.0 Å². The Morgan fingerprint density at radius 3 is 2.62 bits per heavy atom. The number of hydrogen-bond donors (Lipinski definition) is 3. The quantitative estimate of drug-likeness (QED) is 0.417. The van der Waals surface area contributed by atoms with Crippen molar-refractivity contribution in [1.82, 2.24) is 24.4 Å². The molecular weight excluding hydrogens is 398 g/mol. The number of nitrogens with one attached hydrogen (secondary N) is 1.